The lowest BCUT2D eigenvalue weighted by atomic mass is 9.78. The van der Waals surface area contributed by atoms with Gasteiger partial charge in [-0.15, -0.1) is 0 Å². The van der Waals surface area contributed by atoms with E-state index in [4.69, 9.17) is 4.74 Å². The zero-order chi connectivity index (χ0) is 14.4. The topological polar surface area (TPSA) is 75.6 Å². The number of fused-ring (bicyclic) bond motifs is 2. The van der Waals surface area contributed by atoms with Gasteiger partial charge in [-0.05, 0) is 32.6 Å². The molecule has 2 N–H and O–H groups in total. The Labute approximate surface area is 113 Å². The fraction of sp³-hybridized carbons (Fsp3) is 0.857. The molecule has 2 saturated heterocycles. The molecule has 0 spiro atoms. The van der Waals surface area contributed by atoms with Gasteiger partial charge in [0.15, 0.2) is 0 Å². The van der Waals surface area contributed by atoms with Crippen molar-refractivity contribution in [3.05, 3.63) is 0 Å². The lowest BCUT2D eigenvalue weighted by Gasteiger charge is -2.34. The molecule has 0 radical (unpaired) electrons. The number of hydrogen-bond acceptors (Lipinski definition) is 3. The standard InChI is InChI=1S/C14H23NO4/c1-7(2)14(3,4)15-12(16)10-8-5-6-9(19-8)11(10)13(17)18/h7-11H,5-6H2,1-4H3,(H,15,16)(H,17,18). The Morgan fingerprint density at radius 1 is 1.21 bits per heavy atom. The highest BCUT2D eigenvalue weighted by atomic mass is 16.5. The smallest absolute Gasteiger partial charge is 0.310 e. The van der Waals surface area contributed by atoms with E-state index in [1.54, 1.807) is 0 Å². The summed E-state index contributed by atoms with van der Waals surface area (Å²) >= 11 is 0. The van der Waals surface area contributed by atoms with Crippen LogP contribution in [-0.4, -0.2) is 34.7 Å². The lowest BCUT2D eigenvalue weighted by molar-refractivity contribution is -0.148. The molecule has 0 aromatic carbocycles. The summed E-state index contributed by atoms with van der Waals surface area (Å²) in [4.78, 5) is 23.8. The number of carboxylic acids is 1. The number of carbonyl (C=O) groups is 2. The van der Waals surface area contributed by atoms with Gasteiger partial charge in [0.05, 0.1) is 24.0 Å². The maximum absolute atomic E-state index is 12.4. The molecular weight excluding hydrogens is 246 g/mol. The summed E-state index contributed by atoms with van der Waals surface area (Å²) in [5, 5.41) is 12.3. The van der Waals surface area contributed by atoms with Gasteiger partial charge in [-0.3, -0.25) is 9.59 Å². The predicted molar refractivity (Wildman–Crippen MR) is 69.6 cm³/mol. The van der Waals surface area contributed by atoms with E-state index in [-0.39, 0.29) is 29.6 Å². The van der Waals surface area contributed by atoms with Crippen molar-refractivity contribution in [3.63, 3.8) is 0 Å². The van der Waals surface area contributed by atoms with Gasteiger partial charge in [0.25, 0.3) is 0 Å². The Morgan fingerprint density at radius 2 is 1.74 bits per heavy atom. The molecule has 2 aliphatic heterocycles. The lowest BCUT2D eigenvalue weighted by Crippen LogP contribution is -2.53. The molecular formula is C14H23NO4. The van der Waals surface area contributed by atoms with Gasteiger partial charge in [-0.25, -0.2) is 0 Å². The van der Waals surface area contributed by atoms with Gasteiger partial charge in [0.2, 0.25) is 5.91 Å². The van der Waals surface area contributed by atoms with Crippen LogP contribution in [0.4, 0.5) is 0 Å². The number of hydrogen-bond donors (Lipinski definition) is 2. The summed E-state index contributed by atoms with van der Waals surface area (Å²) in [6, 6.07) is 0. The normalized spacial score (nSPS) is 33.7. The van der Waals surface area contributed by atoms with E-state index in [0.29, 0.717) is 0 Å². The van der Waals surface area contributed by atoms with Gasteiger partial charge >= 0.3 is 5.97 Å². The average molecular weight is 269 g/mol. The van der Waals surface area contributed by atoms with Crippen LogP contribution in [0.3, 0.4) is 0 Å². The molecule has 5 heteroatoms. The third-order valence-corrected chi connectivity index (χ3v) is 4.75. The van der Waals surface area contributed by atoms with E-state index in [1.165, 1.54) is 0 Å². The summed E-state index contributed by atoms with van der Waals surface area (Å²) in [7, 11) is 0. The molecule has 2 fully saturated rings. The van der Waals surface area contributed by atoms with Crippen LogP contribution in [-0.2, 0) is 14.3 Å². The Morgan fingerprint density at radius 3 is 2.21 bits per heavy atom. The van der Waals surface area contributed by atoms with Gasteiger partial charge in [0.1, 0.15) is 0 Å². The van der Waals surface area contributed by atoms with Crippen LogP contribution >= 0.6 is 0 Å². The molecule has 5 nitrogen and oxygen atoms in total. The molecule has 4 unspecified atom stereocenters. The largest absolute Gasteiger partial charge is 0.481 e. The highest BCUT2D eigenvalue weighted by Gasteiger charge is 2.56. The van der Waals surface area contributed by atoms with E-state index >= 15 is 0 Å². The zero-order valence-electron chi connectivity index (χ0n) is 12.0. The third-order valence-electron chi connectivity index (χ3n) is 4.75. The van der Waals surface area contributed by atoms with Crippen molar-refractivity contribution in [2.75, 3.05) is 0 Å². The second kappa shape index (κ2) is 4.78. The van der Waals surface area contributed by atoms with Crippen LogP contribution in [0.15, 0.2) is 0 Å². The van der Waals surface area contributed by atoms with Crippen LogP contribution < -0.4 is 5.32 Å². The van der Waals surface area contributed by atoms with Crippen molar-refractivity contribution < 1.29 is 19.4 Å². The zero-order valence-corrected chi connectivity index (χ0v) is 12.0. The van der Waals surface area contributed by atoms with Gasteiger partial charge < -0.3 is 15.2 Å². The first-order valence-electron chi connectivity index (χ1n) is 6.94. The first-order valence-corrected chi connectivity index (χ1v) is 6.94. The van der Waals surface area contributed by atoms with Crippen molar-refractivity contribution in [1.82, 2.24) is 5.32 Å². The van der Waals surface area contributed by atoms with E-state index in [1.807, 2.05) is 27.7 Å². The molecule has 2 aliphatic rings. The Bertz CT molecular complexity index is 391. The van der Waals surface area contributed by atoms with Gasteiger partial charge in [-0.2, -0.15) is 0 Å². The Hall–Kier alpha value is -1.10. The monoisotopic (exact) mass is 269 g/mol. The molecule has 4 atom stereocenters. The number of nitrogens with one attached hydrogen (secondary N) is 1. The van der Waals surface area contributed by atoms with Gasteiger partial charge in [0, 0.05) is 5.54 Å². The first-order chi connectivity index (χ1) is 8.74. The number of rotatable bonds is 4. The Balaban J connectivity index is 2.12. The highest BCUT2D eigenvalue weighted by Crippen LogP contribution is 2.44. The fourth-order valence-corrected chi connectivity index (χ4v) is 2.87. The van der Waals surface area contributed by atoms with Crippen molar-refractivity contribution in [2.24, 2.45) is 17.8 Å². The predicted octanol–water partition coefficient (Wildman–Crippen LogP) is 1.42. The molecule has 0 aromatic rings. The molecule has 2 heterocycles. The van der Waals surface area contributed by atoms with Crippen LogP contribution in [0.5, 0.6) is 0 Å². The number of carboxylic acid groups (broad SMARTS) is 1. The van der Waals surface area contributed by atoms with Crippen LogP contribution in [0, 0.1) is 17.8 Å². The first kappa shape index (κ1) is 14.3. The molecule has 0 saturated carbocycles. The van der Waals surface area contributed by atoms with Crippen molar-refractivity contribution in [3.8, 4) is 0 Å². The van der Waals surface area contributed by atoms with Crippen molar-refractivity contribution >= 4 is 11.9 Å². The van der Waals surface area contributed by atoms with Gasteiger partial charge in [-0.1, -0.05) is 13.8 Å². The molecule has 0 aliphatic carbocycles. The summed E-state index contributed by atoms with van der Waals surface area (Å²) in [6.07, 6.45) is 1.02. The Kier molecular flexibility index (Phi) is 3.60. The highest BCUT2D eigenvalue weighted by molar-refractivity contribution is 5.87. The summed E-state index contributed by atoms with van der Waals surface area (Å²) in [5.74, 6) is -2.07. The van der Waals surface area contributed by atoms with Crippen molar-refractivity contribution in [2.45, 2.75) is 58.3 Å². The minimum atomic E-state index is -0.922. The van der Waals surface area contributed by atoms with Crippen LogP contribution in [0.1, 0.15) is 40.5 Å². The number of amides is 1. The quantitative estimate of drug-likeness (QED) is 0.809. The summed E-state index contributed by atoms with van der Waals surface area (Å²) in [5.41, 5.74) is -0.345. The van der Waals surface area contributed by atoms with Crippen LogP contribution in [0.25, 0.3) is 0 Å². The molecule has 1 amide bonds. The molecule has 108 valence electrons. The maximum Gasteiger partial charge on any atom is 0.310 e. The summed E-state index contributed by atoms with van der Waals surface area (Å²) in [6.45, 7) is 7.98. The number of aliphatic carboxylic acids is 1. The van der Waals surface area contributed by atoms with Crippen LogP contribution in [0.2, 0.25) is 0 Å². The van der Waals surface area contributed by atoms with E-state index < -0.39 is 17.8 Å². The number of carbonyl (C=O) groups excluding carboxylic acids is 1. The SMILES string of the molecule is CC(C)C(C)(C)NC(=O)C1C2CCC(O2)C1C(=O)O. The second-order valence-corrected chi connectivity index (χ2v) is 6.55. The fourth-order valence-electron chi connectivity index (χ4n) is 2.87. The minimum Gasteiger partial charge on any atom is -0.481 e. The third kappa shape index (κ3) is 2.48. The molecule has 0 aromatic heterocycles. The molecule has 19 heavy (non-hydrogen) atoms. The van der Waals surface area contributed by atoms with E-state index in [2.05, 4.69) is 5.32 Å². The van der Waals surface area contributed by atoms with Crippen molar-refractivity contribution in [1.29, 1.82) is 0 Å². The maximum atomic E-state index is 12.4. The second-order valence-electron chi connectivity index (χ2n) is 6.55. The summed E-state index contributed by atoms with van der Waals surface area (Å²) < 4.78 is 5.61. The molecule has 2 rings (SSSR count). The van der Waals surface area contributed by atoms with E-state index in [0.717, 1.165) is 12.8 Å². The number of ether oxygens (including phenoxy) is 1. The molecule has 2 bridgehead atoms. The average Bonchev–Trinajstić information content (AvgIpc) is 2.86. The minimum absolute atomic E-state index is 0.182. The van der Waals surface area contributed by atoms with E-state index in [9.17, 15) is 14.7 Å².